The van der Waals surface area contributed by atoms with E-state index in [-0.39, 0.29) is 5.95 Å². The van der Waals surface area contributed by atoms with Gasteiger partial charge in [-0.25, -0.2) is 4.98 Å². The van der Waals surface area contributed by atoms with Crippen molar-refractivity contribution in [2.24, 2.45) is 0 Å². The number of hydrogen-bond donors (Lipinski definition) is 2. The van der Waals surface area contributed by atoms with E-state index in [2.05, 4.69) is 20.6 Å². The van der Waals surface area contributed by atoms with E-state index in [4.69, 9.17) is 14.2 Å². The van der Waals surface area contributed by atoms with E-state index in [1.54, 1.807) is 18.3 Å². The van der Waals surface area contributed by atoms with Crippen LogP contribution >= 0.6 is 0 Å². The second-order valence-electron chi connectivity index (χ2n) is 6.46. The van der Waals surface area contributed by atoms with E-state index < -0.39 is 11.7 Å². The zero-order valence-corrected chi connectivity index (χ0v) is 17.3. The van der Waals surface area contributed by atoms with E-state index >= 15 is 0 Å². The fourth-order valence-electron chi connectivity index (χ4n) is 2.79. The predicted octanol–water partition coefficient (Wildman–Crippen LogP) is 5.32. The van der Waals surface area contributed by atoms with E-state index in [9.17, 15) is 13.2 Å². The number of nitrogens with one attached hydrogen (secondary N) is 2. The first-order valence-electron chi connectivity index (χ1n) is 9.10. The van der Waals surface area contributed by atoms with Crippen LogP contribution in [0.2, 0.25) is 0 Å². The Labute approximate surface area is 177 Å². The molecule has 0 aliphatic carbocycles. The van der Waals surface area contributed by atoms with Gasteiger partial charge in [-0.3, -0.25) is 0 Å². The number of halogens is 3. The SMILES string of the molecule is COc1cc(Nc2nc(Nc3ccc(C(F)(F)F)cc3)ncc2C)cc(OC)c1OC. The molecule has 0 saturated heterocycles. The van der Waals surface area contributed by atoms with Gasteiger partial charge in [0.05, 0.1) is 26.9 Å². The highest BCUT2D eigenvalue weighted by Gasteiger charge is 2.29. The van der Waals surface area contributed by atoms with Crippen molar-refractivity contribution in [2.75, 3.05) is 32.0 Å². The Morgan fingerprint density at radius 3 is 1.97 bits per heavy atom. The number of ether oxygens (including phenoxy) is 3. The van der Waals surface area contributed by atoms with Crippen LogP contribution in [0.15, 0.2) is 42.6 Å². The van der Waals surface area contributed by atoms with Crippen LogP contribution in [0.1, 0.15) is 11.1 Å². The number of anilines is 4. The minimum absolute atomic E-state index is 0.223. The molecule has 10 heteroatoms. The maximum Gasteiger partial charge on any atom is 0.416 e. The molecule has 2 N–H and O–H groups in total. The second-order valence-corrected chi connectivity index (χ2v) is 6.46. The largest absolute Gasteiger partial charge is 0.493 e. The third kappa shape index (κ3) is 5.08. The Morgan fingerprint density at radius 2 is 1.45 bits per heavy atom. The molecule has 0 bridgehead atoms. The van der Waals surface area contributed by atoms with Crippen LogP contribution in [-0.2, 0) is 6.18 Å². The quantitative estimate of drug-likeness (QED) is 0.521. The topological polar surface area (TPSA) is 77.5 Å². The van der Waals surface area contributed by atoms with Crippen LogP contribution < -0.4 is 24.8 Å². The summed E-state index contributed by atoms with van der Waals surface area (Å²) < 4.78 is 54.2. The molecular weight excluding hydrogens is 413 g/mol. The highest BCUT2D eigenvalue weighted by Crippen LogP contribution is 2.40. The van der Waals surface area contributed by atoms with Crippen molar-refractivity contribution in [3.05, 3.63) is 53.7 Å². The molecule has 7 nitrogen and oxygen atoms in total. The zero-order chi connectivity index (χ0) is 22.6. The number of methoxy groups -OCH3 is 3. The normalized spacial score (nSPS) is 11.1. The van der Waals surface area contributed by atoms with Gasteiger partial charge in [-0.15, -0.1) is 0 Å². The van der Waals surface area contributed by atoms with E-state index in [0.717, 1.165) is 17.7 Å². The third-order valence-electron chi connectivity index (χ3n) is 4.37. The van der Waals surface area contributed by atoms with Crippen LogP contribution in [0.25, 0.3) is 0 Å². The van der Waals surface area contributed by atoms with Gasteiger partial charge in [-0.05, 0) is 31.2 Å². The maximum absolute atomic E-state index is 12.7. The van der Waals surface area contributed by atoms with Crippen LogP contribution in [0.3, 0.4) is 0 Å². The van der Waals surface area contributed by atoms with Gasteiger partial charge in [0.2, 0.25) is 11.7 Å². The lowest BCUT2D eigenvalue weighted by Gasteiger charge is -2.16. The molecule has 164 valence electrons. The number of benzene rings is 2. The van der Waals surface area contributed by atoms with Gasteiger partial charge in [0.1, 0.15) is 5.82 Å². The van der Waals surface area contributed by atoms with Crippen molar-refractivity contribution in [3.63, 3.8) is 0 Å². The number of aromatic nitrogens is 2. The number of rotatable bonds is 7. The lowest BCUT2D eigenvalue weighted by atomic mass is 10.2. The fourth-order valence-corrected chi connectivity index (χ4v) is 2.79. The first kappa shape index (κ1) is 22.0. The molecule has 2 aromatic carbocycles. The molecule has 0 saturated carbocycles. The number of nitrogens with zero attached hydrogens (tertiary/aromatic N) is 2. The summed E-state index contributed by atoms with van der Waals surface area (Å²) in [6, 6.07) is 8.08. The zero-order valence-electron chi connectivity index (χ0n) is 17.3. The summed E-state index contributed by atoms with van der Waals surface area (Å²) in [5, 5.41) is 6.07. The Hall–Kier alpha value is -3.69. The van der Waals surface area contributed by atoms with Crippen LogP contribution in [0.5, 0.6) is 17.2 Å². The molecule has 0 atom stereocenters. The van der Waals surface area contributed by atoms with Crippen molar-refractivity contribution in [1.82, 2.24) is 9.97 Å². The molecule has 0 amide bonds. The van der Waals surface area contributed by atoms with Crippen LogP contribution in [-0.4, -0.2) is 31.3 Å². The molecule has 0 radical (unpaired) electrons. The highest BCUT2D eigenvalue weighted by atomic mass is 19.4. The molecule has 0 fully saturated rings. The molecule has 1 heterocycles. The minimum atomic E-state index is -4.39. The molecule has 3 rings (SSSR count). The summed E-state index contributed by atoms with van der Waals surface area (Å²) in [4.78, 5) is 8.61. The summed E-state index contributed by atoms with van der Waals surface area (Å²) in [5.74, 6) is 2.12. The van der Waals surface area contributed by atoms with Gasteiger partial charge in [-0.1, -0.05) is 0 Å². The second kappa shape index (κ2) is 8.99. The molecule has 1 aromatic heterocycles. The lowest BCUT2D eigenvalue weighted by Crippen LogP contribution is -2.05. The molecule has 31 heavy (non-hydrogen) atoms. The van der Waals surface area contributed by atoms with Gasteiger partial charge in [0.25, 0.3) is 0 Å². The van der Waals surface area contributed by atoms with Gasteiger partial charge in [0.15, 0.2) is 11.5 Å². The van der Waals surface area contributed by atoms with Gasteiger partial charge in [-0.2, -0.15) is 18.2 Å². The Balaban J connectivity index is 1.85. The van der Waals surface area contributed by atoms with Gasteiger partial charge >= 0.3 is 6.18 Å². The average molecular weight is 434 g/mol. The number of alkyl halides is 3. The van der Waals surface area contributed by atoms with E-state index in [1.807, 2.05) is 6.92 Å². The number of aryl methyl sites for hydroxylation is 1. The summed E-state index contributed by atoms with van der Waals surface area (Å²) in [7, 11) is 4.55. The third-order valence-corrected chi connectivity index (χ3v) is 4.37. The van der Waals surface area contributed by atoms with E-state index in [0.29, 0.717) is 34.4 Å². The molecule has 3 aromatic rings. The number of hydrogen-bond acceptors (Lipinski definition) is 7. The van der Waals surface area contributed by atoms with Crippen molar-refractivity contribution < 1.29 is 27.4 Å². The van der Waals surface area contributed by atoms with E-state index in [1.165, 1.54) is 33.5 Å². The van der Waals surface area contributed by atoms with Crippen LogP contribution in [0.4, 0.5) is 36.3 Å². The Morgan fingerprint density at radius 1 is 0.839 bits per heavy atom. The lowest BCUT2D eigenvalue weighted by molar-refractivity contribution is -0.137. The fraction of sp³-hybridized carbons (Fsp3) is 0.238. The molecule has 0 spiro atoms. The first-order chi connectivity index (χ1) is 14.7. The Kier molecular flexibility index (Phi) is 6.38. The smallest absolute Gasteiger partial charge is 0.416 e. The Bertz CT molecular complexity index is 1030. The van der Waals surface area contributed by atoms with Crippen LogP contribution in [0, 0.1) is 6.92 Å². The first-order valence-corrected chi connectivity index (χ1v) is 9.10. The highest BCUT2D eigenvalue weighted by molar-refractivity contribution is 5.68. The van der Waals surface area contributed by atoms with Crippen molar-refractivity contribution in [1.29, 1.82) is 0 Å². The summed E-state index contributed by atoms with van der Waals surface area (Å²) in [6.07, 6.45) is -2.80. The molecule has 0 aliphatic rings. The van der Waals surface area contributed by atoms with Crippen molar-refractivity contribution >= 4 is 23.1 Å². The monoisotopic (exact) mass is 434 g/mol. The molecular formula is C21H21F3N4O3. The van der Waals surface area contributed by atoms with Crippen molar-refractivity contribution in [2.45, 2.75) is 13.1 Å². The molecule has 0 unspecified atom stereocenters. The minimum Gasteiger partial charge on any atom is -0.493 e. The maximum atomic E-state index is 12.7. The standard InChI is InChI=1S/C21H21F3N4O3/c1-12-11-25-20(27-14-7-5-13(6-8-14)21(22,23)24)28-19(12)26-15-9-16(29-2)18(31-4)17(10-15)30-3/h5-11H,1-4H3,(H2,25,26,27,28). The summed E-state index contributed by atoms with van der Waals surface area (Å²) in [5.41, 5.74) is 1.09. The summed E-state index contributed by atoms with van der Waals surface area (Å²) >= 11 is 0. The van der Waals surface area contributed by atoms with Crippen molar-refractivity contribution in [3.8, 4) is 17.2 Å². The van der Waals surface area contributed by atoms with Gasteiger partial charge in [0, 0.05) is 35.3 Å². The predicted molar refractivity (Wildman–Crippen MR) is 111 cm³/mol. The molecule has 0 aliphatic heterocycles. The van der Waals surface area contributed by atoms with Gasteiger partial charge < -0.3 is 24.8 Å². The summed E-state index contributed by atoms with van der Waals surface area (Å²) in [6.45, 7) is 1.82. The average Bonchev–Trinajstić information content (AvgIpc) is 2.75.